The summed E-state index contributed by atoms with van der Waals surface area (Å²) in [6.07, 6.45) is 7.68. The monoisotopic (exact) mass is 173 g/mol. The number of rotatable bonds is 4. The first-order chi connectivity index (χ1) is 5.86. The fourth-order valence-corrected chi connectivity index (χ4v) is 2.12. The Labute approximate surface area is 74.5 Å². The van der Waals surface area contributed by atoms with Crippen molar-refractivity contribution in [3.63, 3.8) is 0 Å². The van der Waals surface area contributed by atoms with Crippen LogP contribution in [0, 0.1) is 11.8 Å². The van der Waals surface area contributed by atoms with E-state index < -0.39 is 0 Å². The Hall–Kier alpha value is -0.110. The third-order valence-corrected chi connectivity index (χ3v) is 2.94. The van der Waals surface area contributed by atoms with Crippen LogP contribution in [0.4, 0.5) is 4.39 Å². The number of hydrogen-bond donors (Lipinski definition) is 1. The first kappa shape index (κ1) is 9.97. The second-order valence-corrected chi connectivity index (χ2v) is 4.00. The summed E-state index contributed by atoms with van der Waals surface area (Å²) in [5.74, 6) is 0.899. The fourth-order valence-electron chi connectivity index (χ4n) is 2.12. The Morgan fingerprint density at radius 2 is 1.92 bits per heavy atom. The zero-order valence-corrected chi connectivity index (χ0v) is 7.77. The van der Waals surface area contributed by atoms with E-state index in [1.807, 2.05) is 0 Å². The smallest absolute Gasteiger partial charge is 0.0934 e. The van der Waals surface area contributed by atoms with Gasteiger partial charge < -0.3 is 5.73 Å². The minimum Gasteiger partial charge on any atom is -0.330 e. The summed E-state index contributed by atoms with van der Waals surface area (Å²) < 4.78 is 12.3. The quantitative estimate of drug-likeness (QED) is 0.694. The van der Waals surface area contributed by atoms with Gasteiger partial charge in [0.25, 0.3) is 0 Å². The Morgan fingerprint density at radius 3 is 2.42 bits per heavy atom. The molecule has 1 atom stereocenters. The van der Waals surface area contributed by atoms with E-state index in [0.717, 1.165) is 12.3 Å². The highest BCUT2D eigenvalue weighted by molar-refractivity contribution is 4.70. The van der Waals surface area contributed by atoms with Gasteiger partial charge in [0.2, 0.25) is 0 Å². The van der Waals surface area contributed by atoms with Gasteiger partial charge in [0, 0.05) is 0 Å². The van der Waals surface area contributed by atoms with Crippen LogP contribution in [0.1, 0.15) is 38.5 Å². The van der Waals surface area contributed by atoms with Gasteiger partial charge in [0.05, 0.1) is 6.67 Å². The highest BCUT2D eigenvalue weighted by atomic mass is 19.1. The van der Waals surface area contributed by atoms with Crippen LogP contribution in [-0.2, 0) is 0 Å². The molecular weight excluding hydrogens is 153 g/mol. The predicted molar refractivity (Wildman–Crippen MR) is 49.7 cm³/mol. The van der Waals surface area contributed by atoms with Crippen molar-refractivity contribution in [2.75, 3.05) is 13.2 Å². The molecule has 0 saturated heterocycles. The van der Waals surface area contributed by atoms with E-state index in [9.17, 15) is 4.39 Å². The van der Waals surface area contributed by atoms with Crippen molar-refractivity contribution in [1.82, 2.24) is 0 Å². The van der Waals surface area contributed by atoms with Gasteiger partial charge in [-0.15, -0.1) is 0 Å². The van der Waals surface area contributed by atoms with Gasteiger partial charge >= 0.3 is 0 Å². The molecule has 2 N–H and O–H groups in total. The molecule has 1 nitrogen and oxygen atoms in total. The van der Waals surface area contributed by atoms with Crippen LogP contribution in [0.2, 0.25) is 0 Å². The molecule has 1 aliphatic rings. The van der Waals surface area contributed by atoms with E-state index in [4.69, 9.17) is 5.73 Å². The van der Waals surface area contributed by atoms with E-state index in [2.05, 4.69) is 0 Å². The number of alkyl halides is 1. The van der Waals surface area contributed by atoms with Gasteiger partial charge in [0.15, 0.2) is 0 Å². The van der Waals surface area contributed by atoms with Crippen LogP contribution in [0.5, 0.6) is 0 Å². The zero-order valence-electron chi connectivity index (χ0n) is 7.77. The summed E-state index contributed by atoms with van der Waals surface area (Å²) in [6, 6.07) is 0. The fraction of sp³-hybridized carbons (Fsp3) is 1.00. The van der Waals surface area contributed by atoms with Crippen molar-refractivity contribution in [3.05, 3.63) is 0 Å². The van der Waals surface area contributed by atoms with Crippen LogP contribution < -0.4 is 5.73 Å². The first-order valence-corrected chi connectivity index (χ1v) is 5.12. The highest BCUT2D eigenvalue weighted by Crippen LogP contribution is 2.28. The SMILES string of the molecule is NCC(CF)CC1CCCCC1. The first-order valence-electron chi connectivity index (χ1n) is 5.12. The van der Waals surface area contributed by atoms with E-state index in [1.54, 1.807) is 0 Å². The summed E-state index contributed by atoms with van der Waals surface area (Å²) in [5, 5.41) is 0. The molecule has 0 aromatic carbocycles. The topological polar surface area (TPSA) is 26.0 Å². The number of nitrogens with two attached hydrogens (primary N) is 1. The number of hydrogen-bond acceptors (Lipinski definition) is 1. The van der Waals surface area contributed by atoms with E-state index >= 15 is 0 Å². The lowest BCUT2D eigenvalue weighted by molar-refractivity contribution is 0.256. The van der Waals surface area contributed by atoms with Crippen LogP contribution >= 0.6 is 0 Å². The molecule has 1 fully saturated rings. The van der Waals surface area contributed by atoms with E-state index in [0.29, 0.717) is 6.54 Å². The summed E-state index contributed by atoms with van der Waals surface area (Å²) >= 11 is 0. The minimum absolute atomic E-state index is 0.132. The van der Waals surface area contributed by atoms with Crippen molar-refractivity contribution in [3.8, 4) is 0 Å². The molecule has 2 heteroatoms. The molecule has 1 rings (SSSR count). The van der Waals surface area contributed by atoms with Crippen molar-refractivity contribution < 1.29 is 4.39 Å². The third-order valence-electron chi connectivity index (χ3n) is 2.94. The van der Waals surface area contributed by atoms with Crippen LogP contribution in [-0.4, -0.2) is 13.2 Å². The molecule has 0 aromatic heterocycles. The second-order valence-electron chi connectivity index (χ2n) is 4.00. The summed E-state index contributed by atoms with van der Waals surface area (Å²) in [5.41, 5.74) is 5.46. The zero-order chi connectivity index (χ0) is 8.81. The highest BCUT2D eigenvalue weighted by Gasteiger charge is 2.17. The molecule has 1 aliphatic carbocycles. The normalized spacial score (nSPS) is 22.5. The minimum atomic E-state index is -0.229. The molecule has 0 aliphatic heterocycles. The van der Waals surface area contributed by atoms with Crippen molar-refractivity contribution in [2.24, 2.45) is 17.6 Å². The lowest BCUT2D eigenvalue weighted by Crippen LogP contribution is -2.21. The van der Waals surface area contributed by atoms with E-state index in [-0.39, 0.29) is 12.6 Å². The van der Waals surface area contributed by atoms with Gasteiger partial charge in [-0.3, -0.25) is 4.39 Å². The molecule has 1 unspecified atom stereocenters. The van der Waals surface area contributed by atoms with Gasteiger partial charge in [-0.25, -0.2) is 0 Å². The van der Waals surface area contributed by atoms with Gasteiger partial charge in [-0.1, -0.05) is 32.1 Å². The maximum Gasteiger partial charge on any atom is 0.0934 e. The van der Waals surface area contributed by atoms with Gasteiger partial charge in [0.1, 0.15) is 0 Å². The Bertz CT molecular complexity index is 106. The van der Waals surface area contributed by atoms with E-state index in [1.165, 1.54) is 32.1 Å². The van der Waals surface area contributed by atoms with Gasteiger partial charge in [-0.05, 0) is 24.8 Å². The van der Waals surface area contributed by atoms with Crippen LogP contribution in [0.15, 0.2) is 0 Å². The van der Waals surface area contributed by atoms with Crippen molar-refractivity contribution >= 4 is 0 Å². The average molecular weight is 173 g/mol. The standard InChI is InChI=1S/C10H20FN/c11-7-10(8-12)6-9-4-2-1-3-5-9/h9-10H,1-8,12H2. The Balaban J connectivity index is 2.18. The predicted octanol–water partition coefficient (Wildman–Crippen LogP) is 2.50. The van der Waals surface area contributed by atoms with Crippen LogP contribution in [0.25, 0.3) is 0 Å². The molecule has 0 bridgehead atoms. The lowest BCUT2D eigenvalue weighted by Gasteiger charge is -2.24. The molecule has 0 amide bonds. The average Bonchev–Trinajstić information content (AvgIpc) is 2.16. The molecule has 0 heterocycles. The largest absolute Gasteiger partial charge is 0.330 e. The lowest BCUT2D eigenvalue weighted by atomic mass is 9.83. The van der Waals surface area contributed by atoms with Crippen molar-refractivity contribution in [1.29, 1.82) is 0 Å². The Kier molecular flexibility index (Phi) is 4.59. The van der Waals surface area contributed by atoms with Crippen molar-refractivity contribution in [2.45, 2.75) is 38.5 Å². The second kappa shape index (κ2) is 5.52. The summed E-state index contributed by atoms with van der Waals surface area (Å²) in [6.45, 7) is 0.292. The maximum absolute atomic E-state index is 12.3. The molecular formula is C10H20FN. The Morgan fingerprint density at radius 1 is 1.25 bits per heavy atom. The number of halogens is 1. The summed E-state index contributed by atoms with van der Waals surface area (Å²) in [4.78, 5) is 0. The van der Waals surface area contributed by atoms with Crippen LogP contribution in [0.3, 0.4) is 0 Å². The third kappa shape index (κ3) is 3.10. The summed E-state index contributed by atoms with van der Waals surface area (Å²) in [7, 11) is 0. The molecule has 0 radical (unpaired) electrons. The molecule has 1 saturated carbocycles. The maximum atomic E-state index is 12.3. The molecule has 72 valence electrons. The van der Waals surface area contributed by atoms with Gasteiger partial charge in [-0.2, -0.15) is 0 Å². The molecule has 0 aromatic rings. The molecule has 12 heavy (non-hydrogen) atoms. The molecule has 0 spiro atoms.